The minimum atomic E-state index is -0.744. The molecule has 150 valence electrons. The van der Waals surface area contributed by atoms with Crippen LogP contribution < -0.4 is 0 Å². The highest BCUT2D eigenvalue weighted by Crippen LogP contribution is 2.39. The first-order valence-electron chi connectivity index (χ1n) is 10.1. The van der Waals surface area contributed by atoms with Crippen molar-refractivity contribution in [2.24, 2.45) is 17.8 Å². The van der Waals surface area contributed by atoms with Crippen molar-refractivity contribution in [3.8, 4) is 23.7 Å². The maximum absolute atomic E-state index is 10.5. The lowest BCUT2D eigenvalue weighted by Crippen LogP contribution is -2.20. The van der Waals surface area contributed by atoms with E-state index in [-0.39, 0.29) is 24.2 Å². The van der Waals surface area contributed by atoms with E-state index >= 15 is 0 Å². The second kappa shape index (κ2) is 12.6. The Hall–Kier alpha value is -1.75. The minimum absolute atomic E-state index is 0.0222. The van der Waals surface area contributed by atoms with E-state index in [4.69, 9.17) is 5.11 Å². The molecule has 0 amide bonds. The van der Waals surface area contributed by atoms with Crippen molar-refractivity contribution in [2.45, 2.75) is 83.8 Å². The predicted octanol–water partition coefficient (Wildman–Crippen LogP) is 3.77. The van der Waals surface area contributed by atoms with Gasteiger partial charge in [-0.05, 0) is 25.2 Å². The zero-order valence-corrected chi connectivity index (χ0v) is 16.7. The van der Waals surface area contributed by atoms with Gasteiger partial charge in [0.15, 0.2) is 0 Å². The van der Waals surface area contributed by atoms with Gasteiger partial charge in [-0.15, -0.1) is 11.8 Å². The van der Waals surface area contributed by atoms with Crippen molar-refractivity contribution < 1.29 is 20.1 Å². The van der Waals surface area contributed by atoms with Gasteiger partial charge >= 0.3 is 5.97 Å². The van der Waals surface area contributed by atoms with E-state index in [1.165, 1.54) is 0 Å². The van der Waals surface area contributed by atoms with Gasteiger partial charge in [0.25, 0.3) is 0 Å². The zero-order valence-electron chi connectivity index (χ0n) is 16.7. The second-order valence-corrected chi connectivity index (χ2v) is 7.53. The smallest absolute Gasteiger partial charge is 0.303 e. The molecule has 1 fully saturated rings. The largest absolute Gasteiger partial charge is 0.481 e. The number of aliphatic hydroxyl groups excluding tert-OH is 2. The summed E-state index contributed by atoms with van der Waals surface area (Å²) in [5.74, 6) is 11.3. The lowest BCUT2D eigenvalue weighted by atomic mass is 9.87. The van der Waals surface area contributed by atoms with E-state index in [0.717, 1.165) is 37.7 Å². The molecule has 4 heteroatoms. The third-order valence-corrected chi connectivity index (χ3v) is 5.16. The molecule has 27 heavy (non-hydrogen) atoms. The van der Waals surface area contributed by atoms with Crippen LogP contribution in [0.1, 0.15) is 71.6 Å². The maximum Gasteiger partial charge on any atom is 0.303 e. The van der Waals surface area contributed by atoms with Crippen LogP contribution in [-0.4, -0.2) is 33.5 Å². The van der Waals surface area contributed by atoms with Gasteiger partial charge in [0.2, 0.25) is 0 Å². The van der Waals surface area contributed by atoms with Gasteiger partial charge in [-0.2, -0.15) is 0 Å². The molecule has 0 aliphatic heterocycles. The van der Waals surface area contributed by atoms with Gasteiger partial charge < -0.3 is 15.3 Å². The Morgan fingerprint density at radius 3 is 2.63 bits per heavy atom. The van der Waals surface area contributed by atoms with Crippen LogP contribution in [0.3, 0.4) is 0 Å². The van der Waals surface area contributed by atoms with Crippen molar-refractivity contribution in [1.29, 1.82) is 0 Å². The number of hydrogen-bond acceptors (Lipinski definition) is 3. The Kier molecular flexibility index (Phi) is 10.9. The van der Waals surface area contributed by atoms with Gasteiger partial charge in [-0.25, -0.2) is 0 Å². The highest BCUT2D eigenvalue weighted by molar-refractivity contribution is 5.66. The average Bonchev–Trinajstić information content (AvgIpc) is 2.88. The summed E-state index contributed by atoms with van der Waals surface area (Å²) in [6.07, 6.45) is 5.40. The van der Waals surface area contributed by atoms with Crippen molar-refractivity contribution in [3.05, 3.63) is 12.2 Å². The van der Waals surface area contributed by atoms with Crippen LogP contribution in [0.25, 0.3) is 0 Å². The van der Waals surface area contributed by atoms with Gasteiger partial charge in [-0.3, -0.25) is 4.79 Å². The lowest BCUT2D eigenvalue weighted by Gasteiger charge is -2.18. The monoisotopic (exact) mass is 374 g/mol. The molecule has 0 aromatic carbocycles. The first kappa shape index (κ1) is 23.3. The Bertz CT molecular complexity index is 601. The second-order valence-electron chi connectivity index (χ2n) is 7.53. The van der Waals surface area contributed by atoms with Crippen molar-refractivity contribution in [2.75, 3.05) is 0 Å². The standard InChI is InChI=1S/C23H34O4/c1-4-5-8-11-17(2)21(24)15-14-20-19(18(3)16-22(20)25)12-9-6-7-10-13-23(26)27/h17,19-22,24-25H,3-4,6-7,9-13,16H2,1-2H3,(H,26,27)/t17?,19-,20+,21+,22+/m0/s1. The van der Waals surface area contributed by atoms with Gasteiger partial charge in [0.1, 0.15) is 6.10 Å². The molecule has 1 rings (SSSR count). The first-order valence-corrected chi connectivity index (χ1v) is 10.1. The van der Waals surface area contributed by atoms with Crippen LogP contribution in [0, 0.1) is 41.4 Å². The molecule has 0 aromatic heterocycles. The minimum Gasteiger partial charge on any atom is -0.481 e. The fourth-order valence-electron chi connectivity index (χ4n) is 3.44. The predicted molar refractivity (Wildman–Crippen MR) is 108 cm³/mol. The Morgan fingerprint density at radius 1 is 1.26 bits per heavy atom. The number of carbonyl (C=O) groups is 1. The SMILES string of the molecule is C=C1C[C@@H](O)[C@H](C#C[C@@H](O)C(C)CC#CCC)[C@H]1CCCCCCC(=O)O. The van der Waals surface area contributed by atoms with Gasteiger partial charge in [0.05, 0.1) is 12.0 Å². The Balaban J connectivity index is 2.53. The molecule has 5 atom stereocenters. The number of carboxylic acid groups (broad SMARTS) is 1. The van der Waals surface area contributed by atoms with E-state index in [1.807, 2.05) is 13.8 Å². The number of rotatable bonds is 9. The molecule has 0 bridgehead atoms. The normalized spacial score (nSPS) is 23.7. The molecule has 3 N–H and O–H groups in total. The van der Waals surface area contributed by atoms with E-state index < -0.39 is 18.2 Å². The van der Waals surface area contributed by atoms with E-state index in [1.54, 1.807) is 0 Å². The summed E-state index contributed by atoms with van der Waals surface area (Å²) in [6, 6.07) is 0. The molecule has 0 spiro atoms. The highest BCUT2D eigenvalue weighted by Gasteiger charge is 2.36. The number of carboxylic acids is 1. The number of aliphatic hydroxyl groups is 2. The number of aliphatic carboxylic acids is 1. The van der Waals surface area contributed by atoms with E-state index in [2.05, 4.69) is 30.3 Å². The molecule has 0 radical (unpaired) electrons. The molecule has 0 heterocycles. The summed E-state index contributed by atoms with van der Waals surface area (Å²) in [5.41, 5.74) is 1.03. The van der Waals surface area contributed by atoms with Gasteiger partial charge in [0, 0.05) is 25.2 Å². The molecule has 4 nitrogen and oxygen atoms in total. The molecule has 1 saturated carbocycles. The van der Waals surface area contributed by atoms with Crippen LogP contribution in [0.4, 0.5) is 0 Å². The van der Waals surface area contributed by atoms with Crippen LogP contribution >= 0.6 is 0 Å². The fourth-order valence-corrected chi connectivity index (χ4v) is 3.44. The quantitative estimate of drug-likeness (QED) is 0.326. The van der Waals surface area contributed by atoms with Crippen LogP contribution in [-0.2, 0) is 4.79 Å². The molecule has 0 saturated heterocycles. The summed E-state index contributed by atoms with van der Waals surface area (Å²) in [7, 11) is 0. The van der Waals surface area contributed by atoms with Crippen LogP contribution in [0.5, 0.6) is 0 Å². The van der Waals surface area contributed by atoms with E-state index in [9.17, 15) is 15.0 Å². The fraction of sp³-hybridized carbons (Fsp3) is 0.696. The zero-order chi connectivity index (χ0) is 20.2. The van der Waals surface area contributed by atoms with Crippen molar-refractivity contribution >= 4 is 5.97 Å². The van der Waals surface area contributed by atoms with Crippen LogP contribution in [0.15, 0.2) is 12.2 Å². The Labute approximate surface area is 164 Å². The maximum atomic E-state index is 10.5. The van der Waals surface area contributed by atoms with Crippen molar-refractivity contribution in [3.63, 3.8) is 0 Å². The molecule has 0 aromatic rings. The molecule has 1 aliphatic carbocycles. The van der Waals surface area contributed by atoms with Crippen LogP contribution in [0.2, 0.25) is 0 Å². The van der Waals surface area contributed by atoms with Crippen molar-refractivity contribution in [1.82, 2.24) is 0 Å². The van der Waals surface area contributed by atoms with Gasteiger partial charge in [-0.1, -0.05) is 57.1 Å². The highest BCUT2D eigenvalue weighted by atomic mass is 16.4. The Morgan fingerprint density at radius 2 is 1.96 bits per heavy atom. The summed E-state index contributed by atoms with van der Waals surface area (Å²) >= 11 is 0. The molecular formula is C23H34O4. The topological polar surface area (TPSA) is 77.8 Å². The number of unbranched alkanes of at least 4 members (excludes halogenated alkanes) is 3. The number of hydrogen-bond donors (Lipinski definition) is 3. The van der Waals surface area contributed by atoms with E-state index in [0.29, 0.717) is 19.3 Å². The summed E-state index contributed by atoms with van der Waals surface area (Å²) in [5, 5.41) is 29.2. The molecular weight excluding hydrogens is 340 g/mol. The summed E-state index contributed by atoms with van der Waals surface area (Å²) in [4.78, 5) is 10.5. The molecule has 1 aliphatic rings. The summed E-state index contributed by atoms with van der Waals surface area (Å²) < 4.78 is 0. The lowest BCUT2D eigenvalue weighted by molar-refractivity contribution is -0.137. The average molecular weight is 375 g/mol. The third kappa shape index (κ3) is 8.65. The first-order chi connectivity index (χ1) is 12.9. The summed E-state index contributed by atoms with van der Waals surface area (Å²) in [6.45, 7) is 8.03. The third-order valence-electron chi connectivity index (χ3n) is 5.16. The molecule has 1 unspecified atom stereocenters.